The lowest BCUT2D eigenvalue weighted by atomic mass is 9.79. The van der Waals surface area contributed by atoms with Crippen LogP contribution in [0.25, 0.3) is 67.0 Å². The van der Waals surface area contributed by atoms with Gasteiger partial charge < -0.3 is 9.47 Å². The highest BCUT2D eigenvalue weighted by Crippen LogP contribution is 2.50. The van der Waals surface area contributed by atoms with Crippen LogP contribution in [-0.2, 0) is 0 Å². The Hall–Kier alpha value is -6.78. The second-order valence-corrected chi connectivity index (χ2v) is 15.3. The standard InChI is InChI=1S/C52H40N4/c1-4-15-35(16-5-1)46-34-47(36-17-6-2-7-18-36)54-52(53-46)39-19-14-22-41(31-39)56-49-26-13-11-24-43(49)45-33-38(28-30-51(45)56)37-27-29-50-44(32-37)42-23-10-12-25-48(42)55(50)40-20-8-3-9-21-40/h1-20,22-31,33-34,40,42,44,48H,21,32H2. The zero-order valence-corrected chi connectivity index (χ0v) is 31.0. The van der Waals surface area contributed by atoms with Crippen LogP contribution >= 0.6 is 0 Å². The van der Waals surface area contributed by atoms with E-state index in [4.69, 9.17) is 9.97 Å². The van der Waals surface area contributed by atoms with Gasteiger partial charge in [0.15, 0.2) is 5.82 Å². The van der Waals surface area contributed by atoms with Gasteiger partial charge in [-0.1, -0.05) is 152 Å². The molecular weight excluding hydrogens is 681 g/mol. The molecule has 0 N–H and O–H groups in total. The highest BCUT2D eigenvalue weighted by atomic mass is 15.2. The Morgan fingerprint density at radius 3 is 2.04 bits per heavy atom. The van der Waals surface area contributed by atoms with E-state index in [0.717, 1.165) is 46.6 Å². The number of likely N-dealkylation sites (tertiary alicyclic amines) is 1. The molecule has 4 heteroatoms. The fourth-order valence-electron chi connectivity index (χ4n) is 9.49. The summed E-state index contributed by atoms with van der Waals surface area (Å²) < 4.78 is 2.40. The molecule has 0 amide bonds. The lowest BCUT2D eigenvalue weighted by Crippen LogP contribution is -2.38. The summed E-state index contributed by atoms with van der Waals surface area (Å²) in [4.78, 5) is 13.0. The minimum atomic E-state index is 0.400. The van der Waals surface area contributed by atoms with Crippen LogP contribution in [0.1, 0.15) is 18.4 Å². The van der Waals surface area contributed by atoms with Crippen molar-refractivity contribution < 1.29 is 0 Å². The van der Waals surface area contributed by atoms with Crippen LogP contribution in [-0.4, -0.2) is 31.5 Å². The molecule has 0 saturated carbocycles. The molecule has 3 aliphatic carbocycles. The molecule has 0 bridgehead atoms. The number of rotatable bonds is 6. The molecule has 3 heterocycles. The van der Waals surface area contributed by atoms with Crippen molar-refractivity contribution in [2.45, 2.75) is 24.9 Å². The second-order valence-electron chi connectivity index (χ2n) is 15.3. The monoisotopic (exact) mass is 720 g/mol. The molecule has 4 aliphatic rings. The number of para-hydroxylation sites is 1. The van der Waals surface area contributed by atoms with Crippen molar-refractivity contribution in [2.75, 3.05) is 0 Å². The van der Waals surface area contributed by atoms with Crippen LogP contribution in [0, 0.1) is 11.8 Å². The van der Waals surface area contributed by atoms with Crippen molar-refractivity contribution in [3.8, 4) is 39.6 Å². The van der Waals surface area contributed by atoms with Crippen molar-refractivity contribution in [1.82, 2.24) is 19.4 Å². The zero-order chi connectivity index (χ0) is 37.0. The molecule has 0 radical (unpaired) electrons. The number of hydrogen-bond acceptors (Lipinski definition) is 3. The van der Waals surface area contributed by atoms with Crippen LogP contribution in [0.3, 0.4) is 0 Å². The van der Waals surface area contributed by atoms with E-state index in [1.165, 1.54) is 38.6 Å². The summed E-state index contributed by atoms with van der Waals surface area (Å²) >= 11 is 0. The maximum absolute atomic E-state index is 5.14. The molecule has 2 aromatic heterocycles. The molecule has 7 aromatic rings. The van der Waals surface area contributed by atoms with E-state index < -0.39 is 0 Å². The largest absolute Gasteiger partial charge is 0.361 e. The molecule has 11 rings (SSSR count). The third-order valence-corrected chi connectivity index (χ3v) is 12.1. The number of benzene rings is 5. The minimum Gasteiger partial charge on any atom is -0.361 e. The van der Waals surface area contributed by atoms with E-state index in [0.29, 0.717) is 29.7 Å². The van der Waals surface area contributed by atoms with Gasteiger partial charge in [-0.05, 0) is 66.5 Å². The topological polar surface area (TPSA) is 34.0 Å². The molecule has 1 fully saturated rings. The molecule has 268 valence electrons. The Morgan fingerprint density at radius 2 is 1.25 bits per heavy atom. The predicted molar refractivity (Wildman–Crippen MR) is 231 cm³/mol. The summed E-state index contributed by atoms with van der Waals surface area (Å²) in [5.74, 6) is 1.65. The average Bonchev–Trinajstić information content (AvgIpc) is 3.79. The van der Waals surface area contributed by atoms with Gasteiger partial charge in [0.1, 0.15) is 0 Å². The van der Waals surface area contributed by atoms with Crippen LogP contribution in [0.15, 0.2) is 200 Å². The van der Waals surface area contributed by atoms with Crippen LogP contribution in [0.2, 0.25) is 0 Å². The molecular formula is C52H40N4. The maximum atomic E-state index is 5.14. The highest BCUT2D eigenvalue weighted by molar-refractivity contribution is 6.10. The Bertz CT molecular complexity index is 2780. The van der Waals surface area contributed by atoms with E-state index in [-0.39, 0.29) is 0 Å². The first-order valence-electron chi connectivity index (χ1n) is 19.8. The Labute approximate surface area is 327 Å². The predicted octanol–water partition coefficient (Wildman–Crippen LogP) is 12.2. The van der Waals surface area contributed by atoms with Gasteiger partial charge in [-0.2, -0.15) is 0 Å². The Morgan fingerprint density at radius 1 is 0.536 bits per heavy atom. The molecule has 56 heavy (non-hydrogen) atoms. The Balaban J connectivity index is 0.991. The molecule has 4 unspecified atom stereocenters. The molecule has 1 aliphatic heterocycles. The van der Waals surface area contributed by atoms with Gasteiger partial charge in [0.2, 0.25) is 0 Å². The number of nitrogens with zero attached hydrogens (tertiary/aromatic N) is 4. The molecule has 4 nitrogen and oxygen atoms in total. The maximum Gasteiger partial charge on any atom is 0.160 e. The van der Waals surface area contributed by atoms with Gasteiger partial charge in [0, 0.05) is 50.7 Å². The normalized spacial score (nSPS) is 21.0. The first-order chi connectivity index (χ1) is 27.8. The van der Waals surface area contributed by atoms with E-state index in [1.807, 2.05) is 12.1 Å². The first-order valence-corrected chi connectivity index (χ1v) is 19.8. The van der Waals surface area contributed by atoms with Crippen LogP contribution < -0.4 is 0 Å². The lowest BCUT2D eigenvalue weighted by Gasteiger charge is -2.35. The summed E-state index contributed by atoms with van der Waals surface area (Å²) in [6.45, 7) is 0. The molecule has 5 aromatic carbocycles. The second kappa shape index (κ2) is 13.5. The van der Waals surface area contributed by atoms with Crippen LogP contribution in [0.4, 0.5) is 0 Å². The number of allylic oxidation sites excluding steroid dienone is 8. The van der Waals surface area contributed by atoms with Crippen molar-refractivity contribution >= 4 is 27.4 Å². The third-order valence-electron chi connectivity index (χ3n) is 12.1. The Kier molecular flexibility index (Phi) is 7.87. The van der Waals surface area contributed by atoms with Crippen LogP contribution in [0.5, 0.6) is 0 Å². The SMILES string of the molecule is C1=CCC(N2C3=CC=C(c4ccc5c(c4)c4ccccc4n5-c4cccc(-c5nc(-c6ccccc6)cc(-c6ccccc6)n5)c4)CC3C3C=CC=CC32)C=C1. The van der Waals surface area contributed by atoms with Crippen molar-refractivity contribution in [2.24, 2.45) is 11.8 Å². The average molecular weight is 721 g/mol. The highest BCUT2D eigenvalue weighted by Gasteiger charge is 2.46. The number of aromatic nitrogens is 3. The summed E-state index contributed by atoms with van der Waals surface area (Å²) in [5, 5.41) is 2.51. The van der Waals surface area contributed by atoms with Gasteiger partial charge in [0.05, 0.1) is 34.5 Å². The van der Waals surface area contributed by atoms with E-state index >= 15 is 0 Å². The van der Waals surface area contributed by atoms with E-state index in [9.17, 15) is 0 Å². The number of fused-ring (bicyclic) bond motifs is 6. The number of hydrogen-bond donors (Lipinski definition) is 0. The first kappa shape index (κ1) is 32.6. The van der Waals surface area contributed by atoms with E-state index in [1.54, 1.807) is 0 Å². The summed E-state index contributed by atoms with van der Waals surface area (Å²) in [5.41, 5.74) is 12.6. The summed E-state index contributed by atoms with van der Waals surface area (Å²) in [7, 11) is 0. The quantitative estimate of drug-likeness (QED) is 0.172. The van der Waals surface area contributed by atoms with Gasteiger partial charge in [0.25, 0.3) is 0 Å². The van der Waals surface area contributed by atoms with E-state index in [2.05, 4.69) is 192 Å². The smallest absolute Gasteiger partial charge is 0.160 e. The van der Waals surface area contributed by atoms with Gasteiger partial charge in [-0.3, -0.25) is 0 Å². The van der Waals surface area contributed by atoms with Crippen molar-refractivity contribution in [1.29, 1.82) is 0 Å². The molecule has 0 spiro atoms. The lowest BCUT2D eigenvalue weighted by molar-refractivity contribution is 0.266. The fourth-order valence-corrected chi connectivity index (χ4v) is 9.49. The minimum absolute atomic E-state index is 0.400. The van der Waals surface area contributed by atoms with Gasteiger partial charge >= 0.3 is 0 Å². The summed E-state index contributed by atoms with van der Waals surface area (Å²) in [6, 6.07) is 48.2. The fraction of sp³-hybridized carbons (Fsp3) is 0.115. The zero-order valence-electron chi connectivity index (χ0n) is 31.0. The van der Waals surface area contributed by atoms with Crippen molar-refractivity contribution in [3.63, 3.8) is 0 Å². The van der Waals surface area contributed by atoms with Gasteiger partial charge in [-0.25, -0.2) is 9.97 Å². The molecule has 4 atom stereocenters. The summed E-state index contributed by atoms with van der Waals surface area (Å²) in [6.07, 6.45) is 25.3. The third kappa shape index (κ3) is 5.52. The van der Waals surface area contributed by atoms with Gasteiger partial charge in [-0.15, -0.1) is 0 Å². The van der Waals surface area contributed by atoms with Crippen molar-refractivity contribution in [3.05, 3.63) is 205 Å². The molecule has 1 saturated heterocycles.